The molecule has 0 aromatic rings. The highest BCUT2D eigenvalue weighted by atomic mass is 19.4. The van der Waals surface area contributed by atoms with Crippen LogP contribution in [-0.2, 0) is 0 Å². The van der Waals surface area contributed by atoms with Gasteiger partial charge in [-0.15, -0.1) is 0 Å². The van der Waals surface area contributed by atoms with E-state index in [2.05, 4.69) is 26.8 Å². The molecule has 3 fully saturated rings. The molecule has 0 aliphatic heterocycles. The monoisotopic (exact) mass is 470 g/mol. The Morgan fingerprint density at radius 3 is 2.42 bits per heavy atom. The molecule has 190 valence electrons. The molecule has 4 aliphatic rings. The fourth-order valence-corrected chi connectivity index (χ4v) is 8.83. The summed E-state index contributed by atoms with van der Waals surface area (Å²) in [4.78, 5) is 0. The first-order chi connectivity index (χ1) is 15.1. The van der Waals surface area contributed by atoms with E-state index in [1.165, 1.54) is 18.4 Å². The van der Waals surface area contributed by atoms with Gasteiger partial charge in [0.25, 0.3) is 0 Å². The number of aliphatic hydroxyl groups is 2. The lowest BCUT2D eigenvalue weighted by Crippen LogP contribution is -2.55. The molecule has 0 amide bonds. The molecule has 0 heterocycles. The topological polar surface area (TPSA) is 40.5 Å². The molecule has 0 radical (unpaired) electrons. The highest BCUT2D eigenvalue weighted by Gasteiger charge is 2.58. The molecule has 3 saturated carbocycles. The Labute approximate surface area is 198 Å². The number of allylic oxidation sites excluding steroid dienone is 1. The van der Waals surface area contributed by atoms with Crippen LogP contribution in [0.4, 0.5) is 13.2 Å². The minimum atomic E-state index is -4.57. The summed E-state index contributed by atoms with van der Waals surface area (Å²) < 4.78 is 39.6. The Morgan fingerprint density at radius 2 is 1.76 bits per heavy atom. The van der Waals surface area contributed by atoms with Crippen LogP contribution in [0.2, 0.25) is 0 Å². The van der Waals surface area contributed by atoms with Gasteiger partial charge < -0.3 is 10.2 Å². The Morgan fingerprint density at radius 1 is 1.06 bits per heavy atom. The number of fused-ring (bicyclic) bond motifs is 5. The zero-order valence-corrected chi connectivity index (χ0v) is 21.3. The molecular formula is C28H45F3O2. The van der Waals surface area contributed by atoms with Crippen molar-refractivity contribution in [2.45, 2.75) is 123 Å². The van der Waals surface area contributed by atoms with E-state index in [-0.39, 0.29) is 23.2 Å². The van der Waals surface area contributed by atoms with Crippen molar-refractivity contribution in [3.63, 3.8) is 0 Å². The molecule has 0 bridgehead atoms. The number of alkyl halides is 3. The van der Waals surface area contributed by atoms with E-state index < -0.39 is 17.4 Å². The van der Waals surface area contributed by atoms with E-state index in [9.17, 15) is 23.4 Å². The Hall–Kier alpha value is -0.550. The van der Waals surface area contributed by atoms with Gasteiger partial charge in [0.1, 0.15) is 0 Å². The molecule has 0 spiro atoms. The van der Waals surface area contributed by atoms with Gasteiger partial charge >= 0.3 is 6.18 Å². The van der Waals surface area contributed by atoms with Crippen LogP contribution >= 0.6 is 0 Å². The van der Waals surface area contributed by atoms with Crippen molar-refractivity contribution in [3.8, 4) is 0 Å². The van der Waals surface area contributed by atoms with Crippen molar-refractivity contribution >= 4 is 0 Å². The predicted molar refractivity (Wildman–Crippen MR) is 126 cm³/mol. The highest BCUT2D eigenvalue weighted by molar-refractivity contribution is 5.26. The quantitative estimate of drug-likeness (QED) is 0.419. The number of rotatable bonds is 4. The molecule has 4 aliphatic carbocycles. The number of hydrogen-bond acceptors (Lipinski definition) is 2. The summed E-state index contributed by atoms with van der Waals surface area (Å²) in [5.74, 6) is 2.53. The van der Waals surface area contributed by atoms with E-state index in [1.54, 1.807) is 0 Å². The van der Waals surface area contributed by atoms with Crippen molar-refractivity contribution in [3.05, 3.63) is 11.6 Å². The van der Waals surface area contributed by atoms with Crippen molar-refractivity contribution < 1.29 is 23.4 Å². The molecule has 0 aromatic heterocycles. The first-order valence-corrected chi connectivity index (χ1v) is 13.3. The first-order valence-electron chi connectivity index (χ1n) is 13.3. The molecule has 0 saturated heterocycles. The van der Waals surface area contributed by atoms with Crippen molar-refractivity contribution in [1.29, 1.82) is 0 Å². The smallest absolute Gasteiger partial charge is 0.390 e. The van der Waals surface area contributed by atoms with Gasteiger partial charge in [-0.25, -0.2) is 0 Å². The first kappa shape index (κ1) is 25.5. The van der Waals surface area contributed by atoms with Crippen LogP contribution in [0.25, 0.3) is 0 Å². The average Bonchev–Trinajstić information content (AvgIpc) is 2.70. The maximum atomic E-state index is 13.2. The minimum Gasteiger partial charge on any atom is -0.390 e. The van der Waals surface area contributed by atoms with Crippen LogP contribution in [0, 0.1) is 40.4 Å². The molecule has 9 atom stereocenters. The third-order valence-corrected chi connectivity index (χ3v) is 11.1. The second-order valence-corrected chi connectivity index (χ2v) is 13.3. The summed E-state index contributed by atoms with van der Waals surface area (Å²) in [5, 5.41) is 20.7. The summed E-state index contributed by atoms with van der Waals surface area (Å²) in [5.41, 5.74) is -1.35. The predicted octanol–water partition coefficient (Wildman–Crippen LogP) is 7.44. The molecule has 2 nitrogen and oxygen atoms in total. The van der Waals surface area contributed by atoms with Crippen LogP contribution in [0.1, 0.15) is 105 Å². The van der Waals surface area contributed by atoms with Crippen molar-refractivity contribution in [2.24, 2.45) is 40.4 Å². The van der Waals surface area contributed by atoms with E-state index >= 15 is 0 Å². The molecular weight excluding hydrogens is 425 g/mol. The molecule has 5 heteroatoms. The fourth-order valence-electron chi connectivity index (χ4n) is 8.83. The second-order valence-electron chi connectivity index (χ2n) is 13.3. The third kappa shape index (κ3) is 4.32. The molecule has 33 heavy (non-hydrogen) atoms. The van der Waals surface area contributed by atoms with E-state index in [4.69, 9.17) is 0 Å². The van der Waals surface area contributed by atoms with Gasteiger partial charge in [0.15, 0.2) is 5.60 Å². The maximum Gasteiger partial charge on any atom is 0.416 e. The average molecular weight is 471 g/mol. The van der Waals surface area contributed by atoms with Crippen LogP contribution in [0.3, 0.4) is 0 Å². The van der Waals surface area contributed by atoms with Gasteiger partial charge in [0.05, 0.1) is 5.60 Å². The largest absolute Gasteiger partial charge is 0.416 e. The standard InChI is InChI=1S/C28H45F3O2/c1-18(11-14-27(5,33)28(29,30)31)21-7-6-8-22-20-10-9-19-17-24(2,32)15-16-25(19,3)23(20)12-13-26(21,22)4/h9,18,20-23,32-33H,6-8,10-17H2,1-5H3/t18-,20+,21-,22+,23+,24+,25+,26-,27-/m1/s1. The van der Waals surface area contributed by atoms with Crippen LogP contribution in [0.5, 0.6) is 0 Å². The number of halogens is 3. The zero-order chi connectivity index (χ0) is 24.4. The van der Waals surface area contributed by atoms with Gasteiger partial charge in [0, 0.05) is 0 Å². The number of hydrogen-bond donors (Lipinski definition) is 2. The maximum absolute atomic E-state index is 13.2. The molecule has 4 rings (SSSR count). The SMILES string of the molecule is C[C@H](CC[C@@](C)(O)C(F)(F)F)[C@H]1CCC[C@H]2[C@@H]3CC=C4C[C@@](C)(O)CC[C@]4(C)[C@H]3CC[C@]12C. The van der Waals surface area contributed by atoms with Gasteiger partial charge in [-0.05, 0) is 118 Å². The highest BCUT2D eigenvalue weighted by Crippen LogP contribution is 2.66. The van der Waals surface area contributed by atoms with Gasteiger partial charge in [0.2, 0.25) is 0 Å². The molecule has 0 unspecified atom stereocenters. The summed E-state index contributed by atoms with van der Waals surface area (Å²) >= 11 is 0. The van der Waals surface area contributed by atoms with Crippen molar-refractivity contribution in [2.75, 3.05) is 0 Å². The van der Waals surface area contributed by atoms with Crippen molar-refractivity contribution in [1.82, 2.24) is 0 Å². The lowest BCUT2D eigenvalue weighted by atomic mass is 9.42. The summed E-state index contributed by atoms with van der Waals surface area (Å²) in [6.07, 6.45) is 7.74. The summed E-state index contributed by atoms with van der Waals surface area (Å²) in [6.45, 7) is 9.89. The Balaban J connectivity index is 1.52. The minimum absolute atomic E-state index is 0.171. The lowest BCUT2D eigenvalue weighted by Gasteiger charge is -2.63. The van der Waals surface area contributed by atoms with Gasteiger partial charge in [-0.2, -0.15) is 13.2 Å². The summed E-state index contributed by atoms with van der Waals surface area (Å²) in [6, 6.07) is 0. The second kappa shape index (κ2) is 8.25. The van der Waals surface area contributed by atoms with Crippen LogP contribution in [0.15, 0.2) is 11.6 Å². The Kier molecular flexibility index (Phi) is 6.39. The van der Waals surface area contributed by atoms with Crippen LogP contribution in [-0.4, -0.2) is 27.6 Å². The van der Waals surface area contributed by atoms with Gasteiger partial charge in [-0.3, -0.25) is 0 Å². The molecule has 2 N–H and O–H groups in total. The van der Waals surface area contributed by atoms with Crippen LogP contribution < -0.4 is 0 Å². The fraction of sp³-hybridized carbons (Fsp3) is 0.929. The zero-order valence-electron chi connectivity index (χ0n) is 21.3. The third-order valence-electron chi connectivity index (χ3n) is 11.1. The lowest BCUT2D eigenvalue weighted by molar-refractivity contribution is -0.256. The summed E-state index contributed by atoms with van der Waals surface area (Å²) in [7, 11) is 0. The van der Waals surface area contributed by atoms with E-state index in [0.29, 0.717) is 30.1 Å². The van der Waals surface area contributed by atoms with E-state index in [0.717, 1.165) is 51.9 Å². The van der Waals surface area contributed by atoms with E-state index in [1.807, 2.05) is 6.92 Å². The van der Waals surface area contributed by atoms with Gasteiger partial charge in [-0.1, -0.05) is 38.8 Å². The normalized spacial score (nSPS) is 46.3. The Bertz CT molecular complexity index is 770. The molecule has 0 aromatic carbocycles.